The van der Waals surface area contributed by atoms with Gasteiger partial charge in [-0.25, -0.2) is 9.18 Å². The summed E-state index contributed by atoms with van der Waals surface area (Å²) >= 11 is 0. The van der Waals surface area contributed by atoms with Crippen molar-refractivity contribution in [3.05, 3.63) is 41.2 Å². The quantitative estimate of drug-likeness (QED) is 0.805. The molecule has 24 heavy (non-hydrogen) atoms. The SMILES string of the molecule is N#CC(=C1CCN(C(=O)N2CCC(O)C2)CC1)c1ccc(F)cc1. The molecule has 0 bridgehead atoms. The van der Waals surface area contributed by atoms with Gasteiger partial charge >= 0.3 is 6.03 Å². The number of carbonyl (C=O) groups is 1. The number of allylic oxidation sites excluding steroid dienone is 1. The van der Waals surface area contributed by atoms with Crippen LogP contribution in [0.4, 0.5) is 9.18 Å². The van der Waals surface area contributed by atoms with Crippen molar-refractivity contribution < 1.29 is 14.3 Å². The second-order valence-electron chi connectivity index (χ2n) is 6.26. The Bertz CT molecular complexity index is 683. The number of nitrogens with zero attached hydrogens (tertiary/aromatic N) is 3. The number of urea groups is 1. The van der Waals surface area contributed by atoms with Crippen LogP contribution in [0.5, 0.6) is 0 Å². The van der Waals surface area contributed by atoms with Gasteiger partial charge in [-0.15, -0.1) is 0 Å². The molecule has 2 aliphatic rings. The van der Waals surface area contributed by atoms with Crippen molar-refractivity contribution in [2.75, 3.05) is 26.2 Å². The molecule has 1 unspecified atom stereocenters. The van der Waals surface area contributed by atoms with Crippen LogP contribution in [0.3, 0.4) is 0 Å². The first-order chi connectivity index (χ1) is 11.6. The Morgan fingerprint density at radius 1 is 1.17 bits per heavy atom. The molecule has 1 N–H and O–H groups in total. The van der Waals surface area contributed by atoms with Crippen LogP contribution < -0.4 is 0 Å². The summed E-state index contributed by atoms with van der Waals surface area (Å²) in [5.41, 5.74) is 2.31. The number of piperidine rings is 1. The summed E-state index contributed by atoms with van der Waals surface area (Å²) in [5, 5.41) is 19.0. The van der Waals surface area contributed by atoms with Crippen molar-refractivity contribution in [2.24, 2.45) is 0 Å². The monoisotopic (exact) mass is 329 g/mol. The fourth-order valence-corrected chi connectivity index (χ4v) is 3.30. The number of hydrogen-bond acceptors (Lipinski definition) is 3. The molecule has 1 atom stereocenters. The van der Waals surface area contributed by atoms with Gasteiger partial charge in [-0.1, -0.05) is 12.1 Å². The van der Waals surface area contributed by atoms with E-state index in [1.807, 2.05) is 0 Å². The summed E-state index contributed by atoms with van der Waals surface area (Å²) in [6.07, 6.45) is 1.50. The zero-order valence-corrected chi connectivity index (χ0v) is 13.4. The van der Waals surface area contributed by atoms with E-state index in [0.29, 0.717) is 51.0 Å². The number of benzene rings is 1. The van der Waals surface area contributed by atoms with Gasteiger partial charge in [-0.2, -0.15) is 5.26 Å². The second-order valence-corrected chi connectivity index (χ2v) is 6.26. The van der Waals surface area contributed by atoms with E-state index in [1.54, 1.807) is 21.9 Å². The number of β-amino-alcohol motifs (C(OH)–C–C–N with tert-alkyl or cyclic N) is 1. The molecule has 5 nitrogen and oxygen atoms in total. The van der Waals surface area contributed by atoms with Crippen molar-refractivity contribution in [3.63, 3.8) is 0 Å². The van der Waals surface area contributed by atoms with Crippen LogP contribution in [-0.2, 0) is 0 Å². The molecule has 0 aromatic heterocycles. The average Bonchev–Trinajstić information content (AvgIpc) is 3.04. The van der Waals surface area contributed by atoms with Gasteiger partial charge in [0.25, 0.3) is 0 Å². The molecule has 6 heteroatoms. The van der Waals surface area contributed by atoms with Crippen LogP contribution in [0.2, 0.25) is 0 Å². The Morgan fingerprint density at radius 3 is 2.38 bits per heavy atom. The lowest BCUT2D eigenvalue weighted by Crippen LogP contribution is -2.45. The Hall–Kier alpha value is -2.39. The fraction of sp³-hybridized carbons (Fsp3) is 0.444. The van der Waals surface area contributed by atoms with Crippen LogP contribution in [0.1, 0.15) is 24.8 Å². The number of likely N-dealkylation sites (tertiary alicyclic amines) is 2. The summed E-state index contributed by atoms with van der Waals surface area (Å²) in [7, 11) is 0. The predicted octanol–water partition coefficient (Wildman–Crippen LogP) is 2.39. The molecule has 0 aliphatic carbocycles. The minimum absolute atomic E-state index is 0.0362. The lowest BCUT2D eigenvalue weighted by molar-refractivity contribution is 0.144. The molecular weight excluding hydrogens is 309 g/mol. The normalized spacial score (nSPS) is 20.9. The zero-order chi connectivity index (χ0) is 17.1. The summed E-state index contributed by atoms with van der Waals surface area (Å²) in [6.45, 7) is 2.12. The van der Waals surface area contributed by atoms with Gasteiger partial charge in [0.1, 0.15) is 5.82 Å². The highest BCUT2D eigenvalue weighted by Crippen LogP contribution is 2.27. The van der Waals surface area contributed by atoms with Crippen LogP contribution in [-0.4, -0.2) is 53.2 Å². The molecule has 2 fully saturated rings. The van der Waals surface area contributed by atoms with Crippen LogP contribution >= 0.6 is 0 Å². The summed E-state index contributed by atoms with van der Waals surface area (Å²) in [4.78, 5) is 15.9. The lowest BCUT2D eigenvalue weighted by Gasteiger charge is -2.32. The van der Waals surface area contributed by atoms with Crippen LogP contribution in [0.25, 0.3) is 5.57 Å². The predicted molar refractivity (Wildman–Crippen MR) is 87.3 cm³/mol. The van der Waals surface area contributed by atoms with Gasteiger partial charge in [0, 0.05) is 26.2 Å². The fourth-order valence-electron chi connectivity index (χ4n) is 3.30. The van der Waals surface area contributed by atoms with Gasteiger partial charge < -0.3 is 14.9 Å². The van der Waals surface area contributed by atoms with Crippen LogP contribution in [0, 0.1) is 17.1 Å². The van der Waals surface area contributed by atoms with Crippen molar-refractivity contribution in [3.8, 4) is 6.07 Å². The number of carbonyl (C=O) groups excluding carboxylic acids is 1. The number of aliphatic hydroxyl groups excluding tert-OH is 1. The third-order valence-corrected chi connectivity index (χ3v) is 4.67. The minimum Gasteiger partial charge on any atom is -0.391 e. The molecule has 3 rings (SSSR count). The highest BCUT2D eigenvalue weighted by molar-refractivity contribution is 5.80. The molecule has 2 saturated heterocycles. The number of halogens is 1. The van der Waals surface area contributed by atoms with Crippen molar-refractivity contribution in [2.45, 2.75) is 25.4 Å². The zero-order valence-electron chi connectivity index (χ0n) is 13.4. The van der Waals surface area contributed by atoms with E-state index >= 15 is 0 Å². The molecule has 1 aromatic carbocycles. The lowest BCUT2D eigenvalue weighted by atomic mass is 9.94. The molecule has 1 aromatic rings. The van der Waals surface area contributed by atoms with Gasteiger partial charge in [0.05, 0.1) is 17.7 Å². The highest BCUT2D eigenvalue weighted by atomic mass is 19.1. The van der Waals surface area contributed by atoms with Gasteiger partial charge in [-0.3, -0.25) is 0 Å². The van der Waals surface area contributed by atoms with Crippen molar-refractivity contribution in [1.82, 2.24) is 9.80 Å². The molecular formula is C18H20FN3O2. The molecule has 126 valence electrons. The Balaban J connectivity index is 1.68. The first kappa shape index (κ1) is 16.5. The summed E-state index contributed by atoms with van der Waals surface area (Å²) < 4.78 is 13.0. The molecule has 2 amide bonds. The van der Waals surface area contributed by atoms with E-state index in [0.717, 1.165) is 11.1 Å². The summed E-state index contributed by atoms with van der Waals surface area (Å²) in [6, 6.07) is 8.12. The largest absolute Gasteiger partial charge is 0.391 e. The number of rotatable bonds is 1. The van der Waals surface area contributed by atoms with Crippen molar-refractivity contribution in [1.29, 1.82) is 5.26 Å². The maximum absolute atomic E-state index is 13.0. The molecule has 2 heterocycles. The maximum Gasteiger partial charge on any atom is 0.320 e. The number of nitriles is 1. The van der Waals surface area contributed by atoms with E-state index in [-0.39, 0.29) is 11.8 Å². The second kappa shape index (κ2) is 7.02. The highest BCUT2D eigenvalue weighted by Gasteiger charge is 2.30. The van der Waals surface area contributed by atoms with Crippen molar-refractivity contribution >= 4 is 11.6 Å². The minimum atomic E-state index is -0.419. The summed E-state index contributed by atoms with van der Waals surface area (Å²) in [5.74, 6) is -0.325. The van der Waals surface area contributed by atoms with E-state index in [9.17, 15) is 19.6 Å². The number of aliphatic hydroxyl groups is 1. The molecule has 0 spiro atoms. The Kier molecular flexibility index (Phi) is 4.81. The third kappa shape index (κ3) is 3.41. The van der Waals surface area contributed by atoms with Gasteiger partial charge in [0.15, 0.2) is 0 Å². The van der Waals surface area contributed by atoms with E-state index < -0.39 is 6.10 Å². The molecule has 0 radical (unpaired) electrons. The third-order valence-electron chi connectivity index (χ3n) is 4.67. The van der Waals surface area contributed by atoms with E-state index in [4.69, 9.17) is 0 Å². The molecule has 0 saturated carbocycles. The maximum atomic E-state index is 13.0. The standard InChI is InChI=1S/C18H20FN3O2/c19-15-3-1-13(2-4-15)17(11-20)14-5-8-21(9-6-14)18(24)22-10-7-16(23)12-22/h1-4,16,23H,5-10,12H2. The Morgan fingerprint density at radius 2 is 1.83 bits per heavy atom. The van der Waals surface area contributed by atoms with Crippen LogP contribution in [0.15, 0.2) is 29.8 Å². The molecule has 2 aliphatic heterocycles. The first-order valence-electron chi connectivity index (χ1n) is 8.18. The van der Waals surface area contributed by atoms with E-state index in [1.165, 1.54) is 12.1 Å². The number of amides is 2. The first-order valence-corrected chi connectivity index (χ1v) is 8.18. The van der Waals surface area contributed by atoms with Gasteiger partial charge in [-0.05, 0) is 42.5 Å². The smallest absolute Gasteiger partial charge is 0.320 e. The Labute approximate surface area is 140 Å². The topological polar surface area (TPSA) is 67.6 Å². The average molecular weight is 329 g/mol. The van der Waals surface area contributed by atoms with Gasteiger partial charge in [0.2, 0.25) is 0 Å². The van der Waals surface area contributed by atoms with E-state index in [2.05, 4.69) is 6.07 Å². The number of hydrogen-bond donors (Lipinski definition) is 1.